The number of hydrogen-bond donors (Lipinski definition) is 1. The van der Waals surface area contributed by atoms with Crippen LogP contribution in [0, 0.1) is 11.8 Å². The van der Waals surface area contributed by atoms with Crippen LogP contribution in [0.25, 0.3) is 0 Å². The van der Waals surface area contributed by atoms with Crippen molar-refractivity contribution in [3.05, 3.63) is 0 Å². The van der Waals surface area contributed by atoms with E-state index in [1.807, 2.05) is 19.0 Å². The monoisotopic (exact) mass is 181 g/mol. The summed E-state index contributed by atoms with van der Waals surface area (Å²) >= 11 is 0. The Kier molecular flexibility index (Phi) is 3.77. The summed E-state index contributed by atoms with van der Waals surface area (Å²) < 4.78 is 0. The number of nitrogens with zero attached hydrogens (tertiary/aromatic N) is 1. The van der Waals surface area contributed by atoms with Gasteiger partial charge in [-0.2, -0.15) is 0 Å². The zero-order valence-corrected chi connectivity index (χ0v) is 8.64. The molecule has 1 aliphatic rings. The van der Waals surface area contributed by atoms with E-state index in [1.54, 1.807) is 0 Å². The highest BCUT2D eigenvalue weighted by molar-refractivity contribution is 5.15. The molecule has 0 unspecified atom stereocenters. The summed E-state index contributed by atoms with van der Waals surface area (Å²) in [5.74, 6) is 6.01. The minimum absolute atomic E-state index is 0.672. The van der Waals surface area contributed by atoms with Gasteiger partial charge in [0.2, 0.25) is 0 Å². The van der Waals surface area contributed by atoms with E-state index in [-0.39, 0.29) is 0 Å². The van der Waals surface area contributed by atoms with Gasteiger partial charge in [-0.15, -0.1) is 0 Å². The average Bonchev–Trinajstić information content (AvgIpc) is 2.04. The quantitative estimate of drug-likeness (QED) is 0.615. The first kappa shape index (κ1) is 10.6. The smallest absolute Gasteiger partial charge is 0.125 e. The molecule has 0 aromatic heterocycles. The van der Waals surface area contributed by atoms with Gasteiger partial charge in [0.15, 0.2) is 0 Å². The van der Waals surface area contributed by atoms with Crippen molar-refractivity contribution in [3.8, 4) is 11.8 Å². The fourth-order valence-electron chi connectivity index (χ4n) is 1.62. The summed E-state index contributed by atoms with van der Waals surface area (Å²) in [4.78, 5) is 2.01. The molecule has 0 radical (unpaired) electrons. The standard InChI is InChI=1S/C11H19NO/c1-12(2)10-6-9-11(13)7-4-3-5-8-11/h13H,3-5,7-8,10H2,1-2H3. The summed E-state index contributed by atoms with van der Waals surface area (Å²) in [5.41, 5.74) is -0.672. The van der Waals surface area contributed by atoms with E-state index in [4.69, 9.17) is 0 Å². The lowest BCUT2D eigenvalue weighted by atomic mass is 9.85. The van der Waals surface area contributed by atoms with Gasteiger partial charge >= 0.3 is 0 Å². The largest absolute Gasteiger partial charge is 0.378 e. The molecule has 1 fully saturated rings. The molecule has 74 valence electrons. The molecule has 0 aliphatic heterocycles. The Bertz CT molecular complexity index is 206. The summed E-state index contributed by atoms with van der Waals surface area (Å²) in [6.07, 6.45) is 5.19. The second-order valence-corrected chi connectivity index (χ2v) is 4.13. The van der Waals surface area contributed by atoms with Crippen LogP contribution in [0.5, 0.6) is 0 Å². The molecule has 1 N–H and O–H groups in total. The van der Waals surface area contributed by atoms with E-state index in [9.17, 15) is 5.11 Å². The van der Waals surface area contributed by atoms with Gasteiger partial charge in [-0.05, 0) is 39.8 Å². The van der Waals surface area contributed by atoms with Crippen LogP contribution in [0.4, 0.5) is 0 Å². The lowest BCUT2D eigenvalue weighted by molar-refractivity contribution is 0.0609. The second kappa shape index (κ2) is 4.64. The molecule has 0 aromatic carbocycles. The van der Waals surface area contributed by atoms with Crippen molar-refractivity contribution in [2.45, 2.75) is 37.7 Å². The Labute approximate surface area is 80.9 Å². The van der Waals surface area contributed by atoms with Gasteiger partial charge in [-0.25, -0.2) is 0 Å². The molecule has 0 aromatic rings. The number of aliphatic hydroxyl groups is 1. The van der Waals surface area contributed by atoms with Crippen molar-refractivity contribution in [3.63, 3.8) is 0 Å². The number of hydrogen-bond acceptors (Lipinski definition) is 2. The maximum Gasteiger partial charge on any atom is 0.125 e. The molecule has 0 amide bonds. The molecule has 0 bridgehead atoms. The van der Waals surface area contributed by atoms with E-state index in [2.05, 4.69) is 11.8 Å². The zero-order valence-electron chi connectivity index (χ0n) is 8.64. The van der Waals surface area contributed by atoms with Gasteiger partial charge in [0.1, 0.15) is 5.60 Å². The molecular formula is C11H19NO. The van der Waals surface area contributed by atoms with Crippen molar-refractivity contribution in [1.29, 1.82) is 0 Å². The summed E-state index contributed by atoms with van der Waals surface area (Å²) in [7, 11) is 3.97. The Morgan fingerprint density at radius 1 is 1.23 bits per heavy atom. The predicted molar refractivity (Wildman–Crippen MR) is 54.4 cm³/mol. The minimum atomic E-state index is -0.672. The lowest BCUT2D eigenvalue weighted by Crippen LogP contribution is -2.29. The third-order valence-electron chi connectivity index (χ3n) is 2.40. The normalized spacial score (nSPS) is 20.9. The fraction of sp³-hybridized carbons (Fsp3) is 0.818. The third kappa shape index (κ3) is 3.80. The van der Waals surface area contributed by atoms with Crippen LogP contribution >= 0.6 is 0 Å². The molecule has 1 rings (SSSR count). The van der Waals surface area contributed by atoms with Gasteiger partial charge < -0.3 is 5.11 Å². The van der Waals surface area contributed by atoms with Crippen LogP contribution in [0.2, 0.25) is 0 Å². The van der Waals surface area contributed by atoms with Crippen LogP contribution in [0.15, 0.2) is 0 Å². The van der Waals surface area contributed by atoms with E-state index < -0.39 is 5.60 Å². The maximum absolute atomic E-state index is 9.99. The van der Waals surface area contributed by atoms with Crippen molar-refractivity contribution in [1.82, 2.24) is 4.90 Å². The highest BCUT2D eigenvalue weighted by Crippen LogP contribution is 2.26. The first-order valence-corrected chi connectivity index (χ1v) is 4.99. The van der Waals surface area contributed by atoms with Crippen LogP contribution in [-0.2, 0) is 0 Å². The Morgan fingerprint density at radius 3 is 2.38 bits per heavy atom. The molecule has 2 nitrogen and oxygen atoms in total. The Morgan fingerprint density at radius 2 is 1.85 bits per heavy atom. The molecule has 2 heteroatoms. The summed E-state index contributed by atoms with van der Waals surface area (Å²) in [6, 6.07) is 0. The molecule has 13 heavy (non-hydrogen) atoms. The lowest BCUT2D eigenvalue weighted by Gasteiger charge is -2.26. The second-order valence-electron chi connectivity index (χ2n) is 4.13. The summed E-state index contributed by atoms with van der Waals surface area (Å²) in [5, 5.41) is 9.99. The third-order valence-corrected chi connectivity index (χ3v) is 2.40. The first-order valence-electron chi connectivity index (χ1n) is 4.99. The van der Waals surface area contributed by atoms with Gasteiger partial charge in [-0.1, -0.05) is 18.3 Å². The molecule has 0 heterocycles. The fourth-order valence-corrected chi connectivity index (χ4v) is 1.62. The van der Waals surface area contributed by atoms with Crippen LogP contribution in [0.3, 0.4) is 0 Å². The van der Waals surface area contributed by atoms with Gasteiger partial charge in [0.05, 0.1) is 6.54 Å². The van der Waals surface area contributed by atoms with Crippen molar-refractivity contribution < 1.29 is 5.11 Å². The van der Waals surface area contributed by atoms with E-state index in [0.717, 1.165) is 32.2 Å². The van der Waals surface area contributed by atoms with Crippen LogP contribution < -0.4 is 0 Å². The Balaban J connectivity index is 2.42. The molecular weight excluding hydrogens is 162 g/mol. The minimum Gasteiger partial charge on any atom is -0.378 e. The molecule has 0 atom stereocenters. The molecule has 1 aliphatic carbocycles. The maximum atomic E-state index is 9.99. The van der Waals surface area contributed by atoms with E-state index in [0.29, 0.717) is 0 Å². The van der Waals surface area contributed by atoms with E-state index >= 15 is 0 Å². The zero-order chi connectivity index (χ0) is 9.73. The summed E-state index contributed by atoms with van der Waals surface area (Å²) in [6.45, 7) is 0.738. The highest BCUT2D eigenvalue weighted by atomic mass is 16.3. The molecule has 1 saturated carbocycles. The van der Waals surface area contributed by atoms with Crippen molar-refractivity contribution >= 4 is 0 Å². The molecule has 0 saturated heterocycles. The van der Waals surface area contributed by atoms with Crippen LogP contribution in [0.1, 0.15) is 32.1 Å². The van der Waals surface area contributed by atoms with Gasteiger partial charge in [0, 0.05) is 0 Å². The van der Waals surface area contributed by atoms with Gasteiger partial charge in [0.25, 0.3) is 0 Å². The topological polar surface area (TPSA) is 23.5 Å². The highest BCUT2D eigenvalue weighted by Gasteiger charge is 2.26. The van der Waals surface area contributed by atoms with E-state index in [1.165, 1.54) is 6.42 Å². The van der Waals surface area contributed by atoms with Crippen molar-refractivity contribution in [2.24, 2.45) is 0 Å². The van der Waals surface area contributed by atoms with Crippen LogP contribution in [-0.4, -0.2) is 36.2 Å². The van der Waals surface area contributed by atoms with Gasteiger partial charge in [-0.3, -0.25) is 4.90 Å². The Hall–Kier alpha value is -0.520. The molecule has 0 spiro atoms. The SMILES string of the molecule is CN(C)CC#CC1(O)CCCCC1. The van der Waals surface area contributed by atoms with Crippen molar-refractivity contribution in [2.75, 3.05) is 20.6 Å². The average molecular weight is 181 g/mol. The first-order chi connectivity index (χ1) is 6.12. The number of rotatable bonds is 1. The predicted octanol–water partition coefficient (Wildman–Crippen LogP) is 1.25.